The first-order valence-corrected chi connectivity index (χ1v) is 9.20. The standard InChI is InChI=1S/C22H20F3N3O4/c1-15(12-13-16-8-5-7-11-19(16)32-22(23,24)25)27-31-14-17-9-4-6-10-18(17)20(28-30-3)21(29)26-2/h4-11H,14H2,1-3H3,(H,26,29)/b27-15+,28-20+. The molecule has 168 valence electrons. The van der Waals surface area contributed by atoms with Gasteiger partial charge in [-0.05, 0) is 25.0 Å². The Kier molecular flexibility index (Phi) is 8.65. The zero-order chi connectivity index (χ0) is 23.6. The van der Waals surface area contributed by atoms with Crippen LogP contribution in [0.2, 0.25) is 0 Å². The first-order valence-electron chi connectivity index (χ1n) is 9.20. The van der Waals surface area contributed by atoms with Gasteiger partial charge in [-0.25, -0.2) is 0 Å². The number of likely N-dealkylation sites (N-methyl/N-ethyl adjacent to an activating group) is 1. The summed E-state index contributed by atoms with van der Waals surface area (Å²) < 4.78 is 41.5. The van der Waals surface area contributed by atoms with Crippen LogP contribution in [0.4, 0.5) is 13.2 Å². The van der Waals surface area contributed by atoms with Crippen molar-refractivity contribution >= 4 is 17.3 Å². The first-order chi connectivity index (χ1) is 15.2. The summed E-state index contributed by atoms with van der Waals surface area (Å²) in [5.41, 5.74) is 1.44. The van der Waals surface area contributed by atoms with Gasteiger partial charge in [0.2, 0.25) is 0 Å². The van der Waals surface area contributed by atoms with Gasteiger partial charge < -0.3 is 19.7 Å². The van der Waals surface area contributed by atoms with Gasteiger partial charge in [-0.1, -0.05) is 52.6 Å². The van der Waals surface area contributed by atoms with E-state index in [1.807, 2.05) is 0 Å². The number of amides is 1. The quantitative estimate of drug-likeness (QED) is 0.399. The maximum Gasteiger partial charge on any atom is 0.573 e. The van der Waals surface area contributed by atoms with E-state index in [9.17, 15) is 18.0 Å². The zero-order valence-corrected chi connectivity index (χ0v) is 17.5. The Labute approximate surface area is 182 Å². The number of halogens is 3. The van der Waals surface area contributed by atoms with E-state index < -0.39 is 18.0 Å². The van der Waals surface area contributed by atoms with Gasteiger partial charge in [0.1, 0.15) is 25.2 Å². The molecule has 7 nitrogen and oxygen atoms in total. The van der Waals surface area contributed by atoms with Crippen LogP contribution >= 0.6 is 0 Å². The average Bonchev–Trinajstić information content (AvgIpc) is 2.76. The minimum Gasteiger partial charge on any atom is -0.404 e. The van der Waals surface area contributed by atoms with Gasteiger partial charge in [0, 0.05) is 18.2 Å². The molecule has 0 aliphatic carbocycles. The second-order valence-corrected chi connectivity index (χ2v) is 6.10. The van der Waals surface area contributed by atoms with E-state index in [4.69, 9.17) is 9.68 Å². The zero-order valence-electron chi connectivity index (χ0n) is 17.5. The van der Waals surface area contributed by atoms with Crippen LogP contribution in [-0.2, 0) is 21.1 Å². The van der Waals surface area contributed by atoms with E-state index >= 15 is 0 Å². The molecule has 0 bridgehead atoms. The molecule has 0 aliphatic rings. The second kappa shape index (κ2) is 11.4. The molecule has 0 saturated heterocycles. The first kappa shape index (κ1) is 24.3. The fourth-order valence-corrected chi connectivity index (χ4v) is 2.46. The Balaban J connectivity index is 2.15. The van der Waals surface area contributed by atoms with Crippen LogP contribution in [0.25, 0.3) is 0 Å². The molecule has 0 aromatic heterocycles. The molecule has 1 amide bonds. The molecule has 0 saturated carbocycles. The largest absolute Gasteiger partial charge is 0.573 e. The molecule has 10 heteroatoms. The van der Waals surface area contributed by atoms with Gasteiger partial charge in [-0.2, -0.15) is 0 Å². The third kappa shape index (κ3) is 7.36. The second-order valence-electron chi connectivity index (χ2n) is 6.10. The van der Waals surface area contributed by atoms with Crippen molar-refractivity contribution < 1.29 is 32.4 Å². The van der Waals surface area contributed by atoms with Crippen LogP contribution in [0.3, 0.4) is 0 Å². The third-order valence-electron chi connectivity index (χ3n) is 3.81. The minimum atomic E-state index is -4.82. The highest BCUT2D eigenvalue weighted by molar-refractivity contribution is 6.45. The van der Waals surface area contributed by atoms with E-state index in [1.54, 1.807) is 30.3 Å². The van der Waals surface area contributed by atoms with Gasteiger partial charge in [0.15, 0.2) is 5.71 Å². The Morgan fingerprint density at radius 3 is 2.47 bits per heavy atom. The molecule has 0 aliphatic heterocycles. The Hall–Kier alpha value is -4.00. The van der Waals surface area contributed by atoms with Gasteiger partial charge in [-0.15, -0.1) is 13.2 Å². The highest BCUT2D eigenvalue weighted by Crippen LogP contribution is 2.25. The molecule has 0 heterocycles. The lowest BCUT2D eigenvalue weighted by Crippen LogP contribution is -2.29. The number of para-hydroxylation sites is 1. The number of oxime groups is 2. The molecule has 0 unspecified atom stereocenters. The summed E-state index contributed by atoms with van der Waals surface area (Å²) in [6.45, 7) is 1.52. The summed E-state index contributed by atoms with van der Waals surface area (Å²) in [7, 11) is 2.79. The van der Waals surface area contributed by atoms with Crippen LogP contribution in [0.1, 0.15) is 23.6 Å². The molecular weight excluding hydrogens is 427 g/mol. The maximum atomic E-state index is 12.5. The third-order valence-corrected chi connectivity index (χ3v) is 3.81. The minimum absolute atomic E-state index is 0.0112. The molecule has 1 N–H and O–H groups in total. The fraction of sp³-hybridized carbons (Fsp3) is 0.227. The van der Waals surface area contributed by atoms with Crippen molar-refractivity contribution in [2.75, 3.05) is 14.2 Å². The van der Waals surface area contributed by atoms with Crippen molar-refractivity contribution in [3.05, 3.63) is 65.2 Å². The molecule has 0 atom stereocenters. The summed E-state index contributed by atoms with van der Waals surface area (Å²) in [6.07, 6.45) is -4.82. The molecule has 2 rings (SSSR count). The number of rotatable bonds is 7. The molecule has 32 heavy (non-hydrogen) atoms. The van der Waals surface area contributed by atoms with Crippen molar-refractivity contribution in [3.8, 4) is 17.6 Å². The van der Waals surface area contributed by atoms with Crippen molar-refractivity contribution in [3.63, 3.8) is 0 Å². The highest BCUT2D eigenvalue weighted by Gasteiger charge is 2.31. The van der Waals surface area contributed by atoms with Crippen LogP contribution in [0.5, 0.6) is 5.75 Å². The number of alkyl halides is 3. The number of carbonyl (C=O) groups excluding carboxylic acids is 1. The van der Waals surface area contributed by atoms with E-state index in [1.165, 1.54) is 39.3 Å². The van der Waals surface area contributed by atoms with E-state index in [2.05, 4.69) is 32.2 Å². The smallest absolute Gasteiger partial charge is 0.404 e. The number of nitrogens with zero attached hydrogens (tertiary/aromatic N) is 2. The Bertz CT molecular complexity index is 1070. The summed E-state index contributed by atoms with van der Waals surface area (Å²) in [5.74, 6) is 4.35. The fourth-order valence-electron chi connectivity index (χ4n) is 2.46. The van der Waals surface area contributed by atoms with Crippen molar-refractivity contribution in [2.45, 2.75) is 19.9 Å². The van der Waals surface area contributed by atoms with E-state index in [-0.39, 0.29) is 23.6 Å². The van der Waals surface area contributed by atoms with Gasteiger partial charge in [0.25, 0.3) is 5.91 Å². The molecule has 0 fully saturated rings. The average molecular weight is 447 g/mol. The highest BCUT2D eigenvalue weighted by atomic mass is 19.4. The maximum absolute atomic E-state index is 12.5. The molecule has 2 aromatic carbocycles. The Morgan fingerprint density at radius 1 is 1.09 bits per heavy atom. The number of benzene rings is 2. The molecule has 0 radical (unpaired) electrons. The van der Waals surface area contributed by atoms with Crippen LogP contribution < -0.4 is 10.1 Å². The topological polar surface area (TPSA) is 81.5 Å². The van der Waals surface area contributed by atoms with Crippen molar-refractivity contribution in [2.24, 2.45) is 10.3 Å². The lowest BCUT2D eigenvalue weighted by Gasteiger charge is -2.10. The molecular formula is C22H20F3N3O4. The summed E-state index contributed by atoms with van der Waals surface area (Å²) in [5, 5.41) is 10.1. The summed E-state index contributed by atoms with van der Waals surface area (Å²) in [6, 6.07) is 12.4. The van der Waals surface area contributed by atoms with E-state index in [0.717, 1.165) is 0 Å². The number of hydrogen-bond donors (Lipinski definition) is 1. The SMILES string of the molecule is CNC(=O)/C(=N/OC)c1ccccc1CO/N=C(\C)C#Cc1ccccc1OC(F)(F)F. The number of hydrogen-bond acceptors (Lipinski definition) is 6. The predicted octanol–water partition coefficient (Wildman–Crippen LogP) is 3.63. The number of carbonyl (C=O) groups is 1. The number of nitrogens with one attached hydrogen (secondary N) is 1. The van der Waals surface area contributed by atoms with Gasteiger partial charge >= 0.3 is 6.36 Å². The van der Waals surface area contributed by atoms with Gasteiger partial charge in [0.05, 0.1) is 5.56 Å². The van der Waals surface area contributed by atoms with E-state index in [0.29, 0.717) is 11.1 Å². The van der Waals surface area contributed by atoms with Crippen LogP contribution in [0, 0.1) is 11.8 Å². The van der Waals surface area contributed by atoms with Crippen molar-refractivity contribution in [1.82, 2.24) is 5.32 Å². The monoisotopic (exact) mass is 447 g/mol. The lowest BCUT2D eigenvalue weighted by molar-refractivity contribution is -0.274. The van der Waals surface area contributed by atoms with Gasteiger partial charge in [-0.3, -0.25) is 4.79 Å². The molecule has 0 spiro atoms. The predicted molar refractivity (Wildman–Crippen MR) is 112 cm³/mol. The lowest BCUT2D eigenvalue weighted by atomic mass is 10.0. The van der Waals surface area contributed by atoms with Crippen LogP contribution in [0.15, 0.2) is 58.8 Å². The summed E-state index contributed by atoms with van der Waals surface area (Å²) in [4.78, 5) is 22.1. The Morgan fingerprint density at radius 2 is 1.78 bits per heavy atom. The van der Waals surface area contributed by atoms with Crippen LogP contribution in [-0.4, -0.2) is 37.9 Å². The number of ether oxygens (including phenoxy) is 1. The summed E-state index contributed by atoms with van der Waals surface area (Å²) >= 11 is 0. The van der Waals surface area contributed by atoms with Crippen molar-refractivity contribution in [1.29, 1.82) is 0 Å². The molecule has 2 aromatic rings. The normalized spacial score (nSPS) is 11.8.